The van der Waals surface area contributed by atoms with Crippen LogP contribution in [-0.4, -0.2) is 17.4 Å². The summed E-state index contributed by atoms with van der Waals surface area (Å²) in [7, 11) is 0. The molecule has 4 nitrogen and oxygen atoms in total. The van der Waals surface area contributed by atoms with Crippen LogP contribution in [0.2, 0.25) is 0 Å². The number of carbonyl (C=O) groups excluding carboxylic acids is 1. The quantitative estimate of drug-likeness (QED) is 0.283. The van der Waals surface area contributed by atoms with Crippen LogP contribution in [0.25, 0.3) is 11.1 Å². The number of halogens is 3. The lowest BCUT2D eigenvalue weighted by Gasteiger charge is -2.13. The molecule has 0 bridgehead atoms. The number of aliphatic hydroxyl groups is 1. The maximum absolute atomic E-state index is 14.2. The van der Waals surface area contributed by atoms with Crippen molar-refractivity contribution >= 4 is 5.97 Å². The summed E-state index contributed by atoms with van der Waals surface area (Å²) in [5, 5.41) is 9.24. The molecule has 0 heterocycles. The zero-order chi connectivity index (χ0) is 18.6. The van der Waals surface area contributed by atoms with Gasteiger partial charge in [-0.15, -0.1) is 0 Å². The molecule has 0 amide bonds. The molecule has 1 atom stereocenters. The molecule has 0 aliphatic heterocycles. The zero-order valence-electron chi connectivity index (χ0n) is 12.8. The minimum absolute atomic E-state index is 0.0168. The van der Waals surface area contributed by atoms with E-state index in [1.54, 1.807) is 0 Å². The van der Waals surface area contributed by atoms with Gasteiger partial charge in [-0.05, 0) is 35.9 Å². The summed E-state index contributed by atoms with van der Waals surface area (Å²) in [4.78, 5) is 11.1. The predicted octanol–water partition coefficient (Wildman–Crippen LogP) is 3.75. The molecule has 0 aliphatic carbocycles. The second-order valence-corrected chi connectivity index (χ2v) is 4.75. The number of benzene rings is 2. The van der Waals surface area contributed by atoms with Crippen LogP contribution in [0.15, 0.2) is 55.6 Å². The van der Waals surface area contributed by atoms with E-state index in [1.165, 1.54) is 6.07 Å². The van der Waals surface area contributed by atoms with Gasteiger partial charge in [-0.1, -0.05) is 19.2 Å². The van der Waals surface area contributed by atoms with Gasteiger partial charge in [-0.25, -0.2) is 13.6 Å². The number of carbonyl (C=O) groups is 1. The number of rotatable bonds is 6. The fourth-order valence-corrected chi connectivity index (χ4v) is 1.93. The highest BCUT2D eigenvalue weighted by atomic mass is 19.2. The van der Waals surface area contributed by atoms with E-state index in [0.29, 0.717) is 0 Å². The first-order valence-corrected chi connectivity index (χ1v) is 6.96. The Morgan fingerprint density at radius 3 is 2.36 bits per heavy atom. The Labute approximate surface area is 141 Å². The fraction of sp³-hybridized carbons (Fsp3) is 0.0556. The Hall–Kier alpha value is -3.06. The van der Waals surface area contributed by atoms with E-state index in [-0.39, 0.29) is 16.9 Å². The monoisotopic (exact) mass is 350 g/mol. The zero-order valence-corrected chi connectivity index (χ0v) is 12.8. The van der Waals surface area contributed by atoms with Crippen molar-refractivity contribution < 1.29 is 32.5 Å². The van der Waals surface area contributed by atoms with Crippen LogP contribution in [0, 0.1) is 17.5 Å². The maximum Gasteiger partial charge on any atom is 0.335 e. The van der Waals surface area contributed by atoms with Crippen LogP contribution >= 0.6 is 0 Å². The van der Waals surface area contributed by atoms with Crippen molar-refractivity contribution in [2.75, 3.05) is 0 Å². The largest absolute Gasteiger partial charge is 0.458 e. The standard InChI is InChI=1S/C18H13F3O4/c1-3-15(22)24-13-7-5-10(9-12(13)19)11-6-8-14(18(21)17(11)20)25-16(23)4-2/h3-9,16,23H,1-2H2. The van der Waals surface area contributed by atoms with E-state index in [2.05, 4.69) is 17.9 Å². The first-order valence-electron chi connectivity index (χ1n) is 6.96. The minimum atomic E-state index is -1.50. The minimum Gasteiger partial charge on any atom is -0.458 e. The summed E-state index contributed by atoms with van der Waals surface area (Å²) in [6, 6.07) is 5.50. The van der Waals surface area contributed by atoms with E-state index in [4.69, 9.17) is 4.74 Å². The molecule has 0 saturated carbocycles. The smallest absolute Gasteiger partial charge is 0.335 e. The van der Waals surface area contributed by atoms with Crippen molar-refractivity contribution in [1.29, 1.82) is 0 Å². The van der Waals surface area contributed by atoms with Crippen LogP contribution in [0.5, 0.6) is 11.5 Å². The van der Waals surface area contributed by atoms with Crippen LogP contribution in [-0.2, 0) is 4.79 Å². The number of esters is 1. The third-order valence-electron chi connectivity index (χ3n) is 3.12. The lowest BCUT2D eigenvalue weighted by Crippen LogP contribution is -2.13. The molecule has 1 unspecified atom stereocenters. The molecule has 7 heteroatoms. The van der Waals surface area contributed by atoms with E-state index in [9.17, 15) is 23.1 Å². The molecule has 0 radical (unpaired) electrons. The molecule has 2 aromatic rings. The van der Waals surface area contributed by atoms with E-state index < -0.39 is 35.5 Å². The van der Waals surface area contributed by atoms with Crippen molar-refractivity contribution in [3.8, 4) is 22.6 Å². The number of ether oxygens (including phenoxy) is 2. The highest BCUT2D eigenvalue weighted by molar-refractivity contribution is 5.83. The molecular formula is C18H13F3O4. The molecule has 2 aromatic carbocycles. The van der Waals surface area contributed by atoms with Gasteiger partial charge in [0.2, 0.25) is 12.1 Å². The topological polar surface area (TPSA) is 55.8 Å². The van der Waals surface area contributed by atoms with E-state index in [1.807, 2.05) is 0 Å². The molecule has 1 N–H and O–H groups in total. The van der Waals surface area contributed by atoms with Crippen LogP contribution in [0.3, 0.4) is 0 Å². The third-order valence-corrected chi connectivity index (χ3v) is 3.12. The Morgan fingerprint density at radius 1 is 1.08 bits per heavy atom. The summed E-state index contributed by atoms with van der Waals surface area (Å²) in [6.45, 7) is 6.43. The molecule has 0 aromatic heterocycles. The highest BCUT2D eigenvalue weighted by Gasteiger charge is 2.18. The van der Waals surface area contributed by atoms with Crippen molar-refractivity contribution in [2.45, 2.75) is 6.29 Å². The van der Waals surface area contributed by atoms with Gasteiger partial charge in [0.1, 0.15) is 0 Å². The molecule has 0 aliphatic rings. The number of hydrogen-bond donors (Lipinski definition) is 1. The predicted molar refractivity (Wildman–Crippen MR) is 84.4 cm³/mol. The lowest BCUT2D eigenvalue weighted by molar-refractivity contribution is -0.129. The fourth-order valence-electron chi connectivity index (χ4n) is 1.93. The van der Waals surface area contributed by atoms with Gasteiger partial charge in [0, 0.05) is 11.6 Å². The van der Waals surface area contributed by atoms with Crippen molar-refractivity contribution in [1.82, 2.24) is 0 Å². The van der Waals surface area contributed by atoms with Gasteiger partial charge in [-0.3, -0.25) is 0 Å². The molecule has 0 spiro atoms. The van der Waals surface area contributed by atoms with Crippen molar-refractivity contribution in [3.63, 3.8) is 0 Å². The molecular weight excluding hydrogens is 337 g/mol. The third kappa shape index (κ3) is 4.07. The van der Waals surface area contributed by atoms with Crippen LogP contribution in [0.1, 0.15) is 0 Å². The second-order valence-electron chi connectivity index (χ2n) is 4.75. The van der Waals surface area contributed by atoms with Crippen molar-refractivity contribution in [2.24, 2.45) is 0 Å². The van der Waals surface area contributed by atoms with E-state index >= 15 is 0 Å². The Morgan fingerprint density at radius 2 is 1.76 bits per heavy atom. The molecule has 130 valence electrons. The first-order chi connectivity index (χ1) is 11.9. The second kappa shape index (κ2) is 7.67. The summed E-state index contributed by atoms with van der Waals surface area (Å²) < 4.78 is 51.6. The summed E-state index contributed by atoms with van der Waals surface area (Å²) in [6.07, 6.45) is 0.346. The SMILES string of the molecule is C=CC(=O)Oc1ccc(-c2ccc(OC(O)C=C)c(F)c2F)cc1F. The van der Waals surface area contributed by atoms with Gasteiger partial charge in [0.05, 0.1) is 0 Å². The lowest BCUT2D eigenvalue weighted by atomic mass is 10.0. The average Bonchev–Trinajstić information content (AvgIpc) is 2.60. The number of hydrogen-bond acceptors (Lipinski definition) is 4. The van der Waals surface area contributed by atoms with Crippen LogP contribution < -0.4 is 9.47 Å². The van der Waals surface area contributed by atoms with Crippen LogP contribution in [0.4, 0.5) is 13.2 Å². The summed E-state index contributed by atoms with van der Waals surface area (Å²) >= 11 is 0. The van der Waals surface area contributed by atoms with Crippen molar-refractivity contribution in [3.05, 3.63) is 73.1 Å². The van der Waals surface area contributed by atoms with Gasteiger partial charge < -0.3 is 14.6 Å². The summed E-state index contributed by atoms with van der Waals surface area (Å²) in [5.74, 6) is -5.32. The van der Waals surface area contributed by atoms with Gasteiger partial charge in [-0.2, -0.15) is 4.39 Å². The van der Waals surface area contributed by atoms with E-state index in [0.717, 1.165) is 36.4 Å². The summed E-state index contributed by atoms with van der Waals surface area (Å²) in [5.41, 5.74) is -0.221. The average molecular weight is 350 g/mol. The molecule has 0 saturated heterocycles. The first kappa shape index (κ1) is 18.3. The maximum atomic E-state index is 14.2. The van der Waals surface area contributed by atoms with Gasteiger partial charge >= 0.3 is 5.97 Å². The Balaban J connectivity index is 2.37. The van der Waals surface area contributed by atoms with Gasteiger partial charge in [0.15, 0.2) is 23.1 Å². The molecule has 2 rings (SSSR count). The highest BCUT2D eigenvalue weighted by Crippen LogP contribution is 2.32. The Kier molecular flexibility index (Phi) is 5.61. The van der Waals surface area contributed by atoms with Gasteiger partial charge in [0.25, 0.3) is 0 Å². The molecule has 0 fully saturated rings. The normalized spacial score (nSPS) is 11.5. The Bertz CT molecular complexity index is 833. The number of aliphatic hydroxyl groups excluding tert-OH is 1. The molecule has 25 heavy (non-hydrogen) atoms.